The van der Waals surface area contributed by atoms with Crippen molar-refractivity contribution in [2.75, 3.05) is 68.4 Å². The zero-order valence-corrected chi connectivity index (χ0v) is 27.6. The standard InChI is InChI=1S/C23H39O14PS4/c1-17(22(28)32-6-7-37-38(29,30)31)12-42-11-5-21(27)36-16-23(13-33-18(24)2-8-39,14-34-19(25)3-9-40)15-35-20(26)4-10-41/h17,39-41H,2-16H2,1H3,(H2,29,30,31). The number of esters is 5. The van der Waals surface area contributed by atoms with Gasteiger partial charge in [0.1, 0.15) is 38.4 Å². The van der Waals surface area contributed by atoms with Crippen LogP contribution in [-0.4, -0.2) is 108 Å². The first kappa shape index (κ1) is 40.9. The molecular formula is C23H39O14PS4. The molecule has 0 aliphatic rings. The molecule has 0 spiro atoms. The molecule has 0 aromatic carbocycles. The van der Waals surface area contributed by atoms with Crippen LogP contribution in [-0.2, 0) is 56.7 Å². The Bertz CT molecular complexity index is 845. The van der Waals surface area contributed by atoms with E-state index < -0.39 is 62.2 Å². The molecule has 0 aromatic heterocycles. The van der Waals surface area contributed by atoms with E-state index in [4.69, 9.17) is 33.5 Å². The monoisotopic (exact) mass is 698 g/mol. The summed E-state index contributed by atoms with van der Waals surface area (Å²) in [5.74, 6) is -2.34. The molecule has 14 nitrogen and oxygen atoms in total. The summed E-state index contributed by atoms with van der Waals surface area (Å²) in [5, 5.41) is 0. The second-order valence-electron chi connectivity index (χ2n) is 8.78. The van der Waals surface area contributed by atoms with Gasteiger partial charge in [-0.1, -0.05) is 6.92 Å². The second kappa shape index (κ2) is 23.3. The topological polar surface area (TPSA) is 198 Å². The molecular weight excluding hydrogens is 659 g/mol. The Morgan fingerprint density at radius 2 is 1.12 bits per heavy atom. The van der Waals surface area contributed by atoms with Gasteiger partial charge in [0, 0.05) is 28.8 Å². The van der Waals surface area contributed by atoms with Crippen LogP contribution in [0.2, 0.25) is 0 Å². The van der Waals surface area contributed by atoms with Gasteiger partial charge in [0.05, 0.1) is 38.2 Å². The smallest absolute Gasteiger partial charge is 0.465 e. The lowest BCUT2D eigenvalue weighted by Gasteiger charge is -2.31. The van der Waals surface area contributed by atoms with Crippen molar-refractivity contribution in [1.29, 1.82) is 0 Å². The van der Waals surface area contributed by atoms with Gasteiger partial charge in [0.25, 0.3) is 0 Å². The van der Waals surface area contributed by atoms with E-state index in [0.29, 0.717) is 5.75 Å². The summed E-state index contributed by atoms with van der Waals surface area (Å²) in [6.45, 7) is -0.711. The Balaban J connectivity index is 5.05. The molecule has 0 aliphatic carbocycles. The lowest BCUT2D eigenvalue weighted by Crippen LogP contribution is -2.44. The van der Waals surface area contributed by atoms with E-state index in [-0.39, 0.29) is 75.1 Å². The lowest BCUT2D eigenvalue weighted by atomic mass is 9.92. The lowest BCUT2D eigenvalue weighted by molar-refractivity contribution is -0.170. The number of hydrogen-bond acceptors (Lipinski definition) is 16. The number of hydrogen-bond donors (Lipinski definition) is 5. The van der Waals surface area contributed by atoms with E-state index in [0.717, 1.165) is 0 Å². The van der Waals surface area contributed by atoms with Crippen molar-refractivity contribution in [3.63, 3.8) is 0 Å². The van der Waals surface area contributed by atoms with Crippen LogP contribution in [0.1, 0.15) is 32.6 Å². The van der Waals surface area contributed by atoms with Crippen LogP contribution in [0.15, 0.2) is 0 Å². The van der Waals surface area contributed by atoms with Crippen LogP contribution in [0.4, 0.5) is 0 Å². The van der Waals surface area contributed by atoms with Crippen molar-refractivity contribution in [3.05, 3.63) is 0 Å². The molecule has 2 N–H and O–H groups in total. The fraction of sp³-hybridized carbons (Fsp3) is 0.783. The van der Waals surface area contributed by atoms with E-state index in [2.05, 4.69) is 42.4 Å². The van der Waals surface area contributed by atoms with Gasteiger partial charge in [-0.2, -0.15) is 49.6 Å². The summed E-state index contributed by atoms with van der Waals surface area (Å²) >= 11 is 13.2. The van der Waals surface area contributed by atoms with Gasteiger partial charge in [-0.25, -0.2) is 4.57 Å². The van der Waals surface area contributed by atoms with E-state index in [1.165, 1.54) is 11.8 Å². The van der Waals surface area contributed by atoms with Crippen LogP contribution < -0.4 is 0 Å². The predicted molar refractivity (Wildman–Crippen MR) is 162 cm³/mol. The molecule has 0 bridgehead atoms. The van der Waals surface area contributed by atoms with E-state index in [1.54, 1.807) is 6.92 Å². The van der Waals surface area contributed by atoms with Crippen LogP contribution in [0.3, 0.4) is 0 Å². The Hall–Kier alpha value is -1.14. The number of phosphoric acid groups is 1. The number of ether oxygens (including phenoxy) is 5. The Labute approximate surface area is 265 Å². The van der Waals surface area contributed by atoms with Crippen LogP contribution >= 0.6 is 57.5 Å². The first-order valence-electron chi connectivity index (χ1n) is 12.7. The van der Waals surface area contributed by atoms with Gasteiger partial charge < -0.3 is 33.5 Å². The fourth-order valence-corrected chi connectivity index (χ4v) is 4.50. The summed E-state index contributed by atoms with van der Waals surface area (Å²) in [6, 6.07) is 0. The number of carbonyl (C=O) groups is 5. The van der Waals surface area contributed by atoms with E-state index in [9.17, 15) is 28.5 Å². The molecule has 0 heterocycles. The van der Waals surface area contributed by atoms with Gasteiger partial charge in [0.2, 0.25) is 0 Å². The number of phosphoric ester groups is 1. The van der Waals surface area contributed by atoms with Gasteiger partial charge in [0.15, 0.2) is 0 Å². The predicted octanol–water partition coefficient (Wildman–Crippen LogP) is 1.52. The minimum Gasteiger partial charge on any atom is -0.465 e. The SMILES string of the molecule is CC(CSCCC(=O)OCC(COC(=O)CCS)(COC(=O)CCS)COC(=O)CCS)C(=O)OCCOP(=O)(O)O. The molecule has 1 atom stereocenters. The minimum atomic E-state index is -4.65. The number of thiol groups is 3. The highest BCUT2D eigenvalue weighted by Gasteiger charge is 2.38. The maximum Gasteiger partial charge on any atom is 0.469 e. The van der Waals surface area contributed by atoms with E-state index >= 15 is 0 Å². The summed E-state index contributed by atoms with van der Waals surface area (Å²) in [5.41, 5.74) is -1.38. The fourth-order valence-electron chi connectivity index (χ4n) is 2.67. The van der Waals surface area contributed by atoms with Crippen LogP contribution in [0.5, 0.6) is 0 Å². The van der Waals surface area contributed by atoms with Crippen LogP contribution in [0, 0.1) is 11.3 Å². The molecule has 0 amide bonds. The zero-order valence-electron chi connectivity index (χ0n) is 23.2. The molecule has 0 fully saturated rings. The third-order valence-corrected chi connectivity index (χ3v) is 7.33. The van der Waals surface area contributed by atoms with Crippen molar-refractivity contribution < 1.29 is 66.5 Å². The third kappa shape index (κ3) is 21.5. The highest BCUT2D eigenvalue weighted by molar-refractivity contribution is 7.99. The molecule has 0 saturated carbocycles. The molecule has 1 unspecified atom stereocenters. The summed E-state index contributed by atoms with van der Waals surface area (Å²) in [7, 11) is -4.65. The number of rotatable bonds is 24. The van der Waals surface area contributed by atoms with Crippen molar-refractivity contribution in [2.45, 2.75) is 32.6 Å². The maximum atomic E-state index is 12.5. The first-order chi connectivity index (χ1) is 19.8. The molecule has 0 aliphatic heterocycles. The van der Waals surface area contributed by atoms with Gasteiger partial charge >= 0.3 is 37.7 Å². The van der Waals surface area contributed by atoms with Crippen molar-refractivity contribution in [3.8, 4) is 0 Å². The Morgan fingerprint density at radius 3 is 1.50 bits per heavy atom. The van der Waals surface area contributed by atoms with Gasteiger partial charge in [-0.05, 0) is 0 Å². The quantitative estimate of drug-likeness (QED) is 0.0320. The normalized spacial score (nSPS) is 12.2. The number of carbonyl (C=O) groups excluding carboxylic acids is 5. The van der Waals surface area contributed by atoms with Gasteiger partial charge in [-0.3, -0.25) is 28.5 Å². The highest BCUT2D eigenvalue weighted by atomic mass is 32.2. The number of thioether (sulfide) groups is 1. The largest absolute Gasteiger partial charge is 0.469 e. The van der Waals surface area contributed by atoms with Crippen molar-refractivity contribution in [2.24, 2.45) is 11.3 Å². The van der Waals surface area contributed by atoms with Gasteiger partial charge in [-0.15, -0.1) is 0 Å². The maximum absolute atomic E-state index is 12.5. The zero-order chi connectivity index (χ0) is 32.0. The average molecular weight is 699 g/mol. The summed E-state index contributed by atoms with van der Waals surface area (Å²) in [4.78, 5) is 77.7. The molecule has 19 heteroatoms. The first-order valence-corrected chi connectivity index (χ1v) is 17.2. The Morgan fingerprint density at radius 1 is 0.714 bits per heavy atom. The second-order valence-corrected chi connectivity index (χ2v) is 12.5. The molecule has 0 radical (unpaired) electrons. The molecule has 0 aromatic rings. The molecule has 244 valence electrons. The summed E-state index contributed by atoms with van der Waals surface area (Å²) < 4.78 is 40.9. The Kier molecular flexibility index (Phi) is 22.6. The van der Waals surface area contributed by atoms with Crippen molar-refractivity contribution in [1.82, 2.24) is 0 Å². The average Bonchev–Trinajstić information content (AvgIpc) is 2.92. The minimum absolute atomic E-state index is 0.00221. The van der Waals surface area contributed by atoms with Crippen LogP contribution in [0.25, 0.3) is 0 Å². The van der Waals surface area contributed by atoms with E-state index in [1.807, 2.05) is 0 Å². The third-order valence-electron chi connectivity index (χ3n) is 4.91. The summed E-state index contributed by atoms with van der Waals surface area (Å²) in [6.07, 6.45) is -0.0519. The molecule has 42 heavy (non-hydrogen) atoms. The molecule has 0 rings (SSSR count). The highest BCUT2D eigenvalue weighted by Crippen LogP contribution is 2.35. The van der Waals surface area contributed by atoms with Crippen molar-refractivity contribution >= 4 is 87.3 Å². The molecule has 0 saturated heterocycles.